The van der Waals surface area contributed by atoms with Crippen molar-refractivity contribution in [2.24, 2.45) is 16.7 Å². The third-order valence-electron chi connectivity index (χ3n) is 15.3. The average molecular weight is 1040 g/mol. The van der Waals surface area contributed by atoms with Crippen molar-refractivity contribution in [2.75, 3.05) is 50.8 Å². The van der Waals surface area contributed by atoms with E-state index in [1.54, 1.807) is 46.7 Å². The number of aliphatic hydroxyl groups excluding tert-OH is 1. The van der Waals surface area contributed by atoms with Crippen LogP contribution in [-0.4, -0.2) is 130 Å². The molecule has 4 amide bonds. The number of anilines is 1. The predicted octanol–water partition coefficient (Wildman–Crippen LogP) is 7.11. The predicted molar refractivity (Wildman–Crippen MR) is 283 cm³/mol. The highest BCUT2D eigenvalue weighted by molar-refractivity contribution is 7.13. The summed E-state index contributed by atoms with van der Waals surface area (Å²) in [5.41, 5.74) is 5.93. The average Bonchev–Trinajstić information content (AvgIpc) is 4.12. The number of halogens is 1. The number of ether oxygens (including phenoxy) is 2. The van der Waals surface area contributed by atoms with Crippen LogP contribution in [0.1, 0.15) is 91.1 Å². The highest BCUT2D eigenvalue weighted by atomic mass is 35.5. The van der Waals surface area contributed by atoms with Gasteiger partial charge in [-0.15, -0.1) is 11.3 Å². The first-order chi connectivity index (χ1) is 35.3. The van der Waals surface area contributed by atoms with Gasteiger partial charge < -0.3 is 39.9 Å². The number of pyridine rings is 1. The van der Waals surface area contributed by atoms with Crippen LogP contribution in [0.15, 0.2) is 84.5 Å². The lowest BCUT2D eigenvalue weighted by molar-refractivity contribution is -0.164. The van der Waals surface area contributed by atoms with E-state index in [-0.39, 0.29) is 61.2 Å². The molecule has 16 nitrogen and oxygen atoms in total. The molecule has 18 heteroatoms. The molecule has 1 saturated carbocycles. The molecule has 5 heterocycles. The second kappa shape index (κ2) is 21.3. The molecule has 0 radical (unpaired) electrons. The Morgan fingerprint density at radius 3 is 2.41 bits per heavy atom. The summed E-state index contributed by atoms with van der Waals surface area (Å²) in [7, 11) is 0. The number of amides is 4. The zero-order valence-electron chi connectivity index (χ0n) is 42.9. The van der Waals surface area contributed by atoms with E-state index in [2.05, 4.69) is 59.2 Å². The van der Waals surface area contributed by atoms with Crippen molar-refractivity contribution in [2.45, 2.75) is 98.3 Å². The number of nitrogens with one attached hydrogen (secondary N) is 2. The molecular weight excluding hydrogens is 978 g/mol. The van der Waals surface area contributed by atoms with Gasteiger partial charge in [-0.2, -0.15) is 5.26 Å². The first-order valence-electron chi connectivity index (χ1n) is 25.3. The number of fused-ring (bicyclic) bond motifs is 1. The molecule has 4 aliphatic rings. The normalized spacial score (nSPS) is 21.4. The molecule has 388 valence electrons. The summed E-state index contributed by atoms with van der Waals surface area (Å²) in [5, 5.41) is 26.7. The van der Waals surface area contributed by atoms with E-state index >= 15 is 0 Å². The summed E-state index contributed by atoms with van der Waals surface area (Å²) < 4.78 is 12.9. The number of thiazole rings is 1. The molecule has 3 aliphatic heterocycles. The number of nitriles is 1. The molecule has 74 heavy (non-hydrogen) atoms. The standard InChI is InChI=1S/C56H64ClN9O7S/c1-33(2)47(66-30-39-10-8-9-11-42(39)51(66)70)52(71)65-31-40(67)25-44(65)50(69)60-28-37-13-12-35(48-34(3)61-32-74-48)24-45(37)72-23-22-63-18-20-64(21-19-63)46-17-15-38(29-59-46)49(68)62-53-55(4,5)54(56(53,6)7)73-41-16-14-36(27-58)43(57)26-41/h8-17,24,26,29,32-33,40,44,47,53-54,67H,18-23,25,28,30-31H2,1-7H3,(H,60,69)(H,62,68)/t40-,44+,47+,53-,54-/m1/s1. The fourth-order valence-electron chi connectivity index (χ4n) is 11.6. The number of hydrogen-bond donors (Lipinski definition) is 3. The van der Waals surface area contributed by atoms with E-state index in [0.29, 0.717) is 52.9 Å². The number of aryl methyl sites for hydroxylation is 1. The minimum absolute atomic E-state index is 0.000635. The van der Waals surface area contributed by atoms with Gasteiger partial charge >= 0.3 is 0 Å². The number of benzene rings is 3. The Balaban J connectivity index is 0.782. The molecule has 2 aromatic heterocycles. The van der Waals surface area contributed by atoms with E-state index in [0.717, 1.165) is 59.3 Å². The third-order valence-corrected chi connectivity index (χ3v) is 16.6. The molecule has 9 rings (SSSR count). The highest BCUT2D eigenvalue weighted by Gasteiger charge is 2.64. The van der Waals surface area contributed by atoms with Crippen LogP contribution < -0.4 is 25.0 Å². The van der Waals surface area contributed by atoms with E-state index in [1.165, 1.54) is 4.90 Å². The Labute approximate surface area is 441 Å². The molecule has 0 bridgehead atoms. The van der Waals surface area contributed by atoms with Gasteiger partial charge in [0.05, 0.1) is 38.3 Å². The van der Waals surface area contributed by atoms with Crippen molar-refractivity contribution in [3.05, 3.63) is 123 Å². The fourth-order valence-corrected chi connectivity index (χ4v) is 12.6. The number of carbonyl (C=O) groups is 4. The first kappa shape index (κ1) is 52.3. The molecule has 3 N–H and O–H groups in total. The number of aromatic nitrogens is 2. The topological polar surface area (TPSA) is 194 Å². The Morgan fingerprint density at radius 1 is 0.986 bits per heavy atom. The number of nitrogens with zero attached hydrogens (tertiary/aromatic N) is 7. The summed E-state index contributed by atoms with van der Waals surface area (Å²) in [6.45, 7) is 18.6. The van der Waals surface area contributed by atoms with Gasteiger partial charge in [0.1, 0.15) is 48.2 Å². The Kier molecular flexibility index (Phi) is 15.1. The molecule has 0 unspecified atom stereocenters. The summed E-state index contributed by atoms with van der Waals surface area (Å²) in [6, 6.07) is 22.2. The minimum atomic E-state index is -0.912. The number of piperazine rings is 1. The zero-order valence-corrected chi connectivity index (χ0v) is 44.5. The van der Waals surface area contributed by atoms with Gasteiger partial charge in [0.25, 0.3) is 11.8 Å². The zero-order chi connectivity index (χ0) is 52.6. The highest BCUT2D eigenvalue weighted by Crippen LogP contribution is 2.55. The fraction of sp³-hybridized carbons (Fsp3) is 0.446. The lowest BCUT2D eigenvalue weighted by Gasteiger charge is -2.63. The van der Waals surface area contributed by atoms with Crippen LogP contribution in [0.4, 0.5) is 5.82 Å². The van der Waals surface area contributed by atoms with Crippen LogP contribution in [-0.2, 0) is 22.7 Å². The molecule has 0 spiro atoms. The molecule has 3 aromatic carbocycles. The maximum Gasteiger partial charge on any atom is 0.255 e. The van der Waals surface area contributed by atoms with E-state index in [1.807, 2.05) is 74.8 Å². The van der Waals surface area contributed by atoms with E-state index in [9.17, 15) is 29.5 Å². The van der Waals surface area contributed by atoms with E-state index in [4.69, 9.17) is 26.1 Å². The first-order valence-corrected chi connectivity index (χ1v) is 26.5. The van der Waals surface area contributed by atoms with Gasteiger partial charge in [0.15, 0.2) is 0 Å². The SMILES string of the molecule is Cc1ncsc1-c1ccc(CNC(=O)[C@@H]2C[C@@H](O)CN2C(=O)[C@H](C(C)C)N2Cc3ccccc3C2=O)c(OCCN2CCN(c3ccc(C(=O)N[C@H]4C(C)(C)[C@H](Oc5ccc(C#N)c(Cl)c5)C4(C)C)cn3)CC2)c1. The molecule has 3 fully saturated rings. The van der Waals surface area contributed by atoms with Crippen LogP contribution in [0, 0.1) is 35.0 Å². The Hall–Kier alpha value is -6.58. The summed E-state index contributed by atoms with van der Waals surface area (Å²) >= 11 is 7.82. The quantitative estimate of drug-likeness (QED) is 0.0909. The van der Waals surface area contributed by atoms with Gasteiger partial charge in [-0.3, -0.25) is 24.1 Å². The second-order valence-corrected chi connectivity index (χ2v) is 22.6. The van der Waals surface area contributed by atoms with Gasteiger partial charge in [0.2, 0.25) is 11.8 Å². The van der Waals surface area contributed by atoms with Gasteiger partial charge in [0, 0.05) is 99.0 Å². The maximum absolute atomic E-state index is 14.3. The molecular formula is C56H64ClN9O7S. The van der Waals surface area contributed by atoms with Crippen LogP contribution in [0.5, 0.6) is 11.5 Å². The molecule has 2 saturated heterocycles. The molecule has 3 atom stereocenters. The van der Waals surface area contributed by atoms with E-state index < -0.39 is 29.0 Å². The van der Waals surface area contributed by atoms with Crippen LogP contribution in [0.3, 0.4) is 0 Å². The molecule has 5 aromatic rings. The number of hydrogen-bond acceptors (Lipinski definition) is 13. The number of likely N-dealkylation sites (tertiary alicyclic amines) is 1. The maximum atomic E-state index is 14.3. The Bertz CT molecular complexity index is 2950. The van der Waals surface area contributed by atoms with Crippen molar-refractivity contribution in [3.8, 4) is 28.0 Å². The number of rotatable bonds is 16. The second-order valence-electron chi connectivity index (χ2n) is 21.4. The van der Waals surface area contributed by atoms with Crippen molar-refractivity contribution in [1.82, 2.24) is 35.3 Å². The van der Waals surface area contributed by atoms with Gasteiger partial charge in [-0.05, 0) is 60.4 Å². The third kappa shape index (κ3) is 10.4. The largest absolute Gasteiger partial charge is 0.492 e. The smallest absolute Gasteiger partial charge is 0.255 e. The minimum Gasteiger partial charge on any atom is -0.492 e. The number of carbonyl (C=O) groups excluding carboxylic acids is 4. The lowest BCUT2D eigenvalue weighted by atomic mass is 9.49. The van der Waals surface area contributed by atoms with Crippen molar-refractivity contribution < 1.29 is 33.8 Å². The Morgan fingerprint density at radius 2 is 1.74 bits per heavy atom. The molecule has 1 aliphatic carbocycles. The monoisotopic (exact) mass is 1040 g/mol. The van der Waals surface area contributed by atoms with Crippen LogP contribution >= 0.6 is 22.9 Å². The number of β-amino-alcohol motifs (C(OH)–C–C–N with tert-alkyl or cyclic N) is 1. The van der Waals surface area contributed by atoms with Gasteiger partial charge in [-0.1, -0.05) is 83.5 Å². The lowest BCUT2D eigenvalue weighted by Crippen LogP contribution is -2.74. The van der Waals surface area contributed by atoms with Crippen molar-refractivity contribution in [1.29, 1.82) is 5.26 Å². The van der Waals surface area contributed by atoms with Gasteiger partial charge in [-0.25, -0.2) is 9.97 Å². The van der Waals surface area contributed by atoms with Crippen molar-refractivity contribution >= 4 is 52.4 Å². The number of aliphatic hydroxyl groups is 1. The summed E-state index contributed by atoms with van der Waals surface area (Å²) in [6.07, 6.45) is 0.615. The summed E-state index contributed by atoms with van der Waals surface area (Å²) in [4.78, 5) is 73.2. The van der Waals surface area contributed by atoms with Crippen LogP contribution in [0.25, 0.3) is 10.4 Å². The van der Waals surface area contributed by atoms with Crippen LogP contribution in [0.2, 0.25) is 5.02 Å². The summed E-state index contributed by atoms with van der Waals surface area (Å²) in [5.74, 6) is 0.611. The van der Waals surface area contributed by atoms with Crippen molar-refractivity contribution in [3.63, 3.8) is 0 Å².